The summed E-state index contributed by atoms with van der Waals surface area (Å²) in [4.78, 5) is 22.3. The van der Waals surface area contributed by atoms with Gasteiger partial charge in [0, 0.05) is 5.69 Å². The molecule has 0 bridgehead atoms. The van der Waals surface area contributed by atoms with Crippen LogP contribution in [-0.4, -0.2) is 29.2 Å². The first kappa shape index (κ1) is 15.0. The van der Waals surface area contributed by atoms with Gasteiger partial charge in [-0.3, -0.25) is 9.59 Å². The van der Waals surface area contributed by atoms with E-state index >= 15 is 0 Å². The zero-order chi connectivity index (χ0) is 14.5. The summed E-state index contributed by atoms with van der Waals surface area (Å²) in [5.41, 5.74) is 0.744. The zero-order valence-electron chi connectivity index (χ0n) is 11.4. The van der Waals surface area contributed by atoms with Gasteiger partial charge >= 0.3 is 11.9 Å². The van der Waals surface area contributed by atoms with Crippen LogP contribution in [0.25, 0.3) is 0 Å². The van der Waals surface area contributed by atoms with E-state index in [0.717, 1.165) is 0 Å². The van der Waals surface area contributed by atoms with Gasteiger partial charge in [0.1, 0.15) is 12.1 Å². The summed E-state index contributed by atoms with van der Waals surface area (Å²) in [6.07, 6.45) is -0.0858. The van der Waals surface area contributed by atoms with Crippen LogP contribution in [0.1, 0.15) is 26.3 Å². The number of carboxylic acid groups (broad SMARTS) is 1. The van der Waals surface area contributed by atoms with Crippen LogP contribution >= 0.6 is 0 Å². The molecular weight excluding hydrogens is 246 g/mol. The van der Waals surface area contributed by atoms with Crippen molar-refractivity contribution >= 4 is 17.6 Å². The van der Waals surface area contributed by atoms with Crippen molar-refractivity contribution in [1.82, 2.24) is 0 Å². The average molecular weight is 265 g/mol. The molecular formula is C14H19NO4. The molecule has 0 heterocycles. The molecule has 0 fully saturated rings. The minimum absolute atomic E-state index is 0.00784. The Morgan fingerprint density at radius 1 is 1.26 bits per heavy atom. The Bertz CT molecular complexity index is 463. The van der Waals surface area contributed by atoms with Crippen LogP contribution in [0.2, 0.25) is 0 Å². The molecule has 5 heteroatoms. The molecule has 1 aromatic rings. The summed E-state index contributed by atoms with van der Waals surface area (Å²) >= 11 is 0. The largest absolute Gasteiger partial charge is 0.481 e. The maximum absolute atomic E-state index is 11.6. The maximum atomic E-state index is 11.6. The number of benzene rings is 1. The van der Waals surface area contributed by atoms with Crippen molar-refractivity contribution < 1.29 is 19.4 Å². The van der Waals surface area contributed by atoms with Crippen molar-refractivity contribution in [3.05, 3.63) is 29.8 Å². The van der Waals surface area contributed by atoms with E-state index in [-0.39, 0.29) is 18.9 Å². The van der Waals surface area contributed by atoms with Gasteiger partial charge in [0.25, 0.3) is 0 Å². The van der Waals surface area contributed by atoms with E-state index < -0.39 is 11.6 Å². The van der Waals surface area contributed by atoms with Crippen LogP contribution < -0.4 is 5.32 Å². The third-order valence-electron chi connectivity index (χ3n) is 2.20. The Balaban J connectivity index is 2.62. The predicted molar refractivity (Wildman–Crippen MR) is 72.1 cm³/mol. The fourth-order valence-corrected chi connectivity index (χ4v) is 1.55. The number of anilines is 1. The number of ether oxygens (including phenoxy) is 1. The van der Waals surface area contributed by atoms with Gasteiger partial charge in [-0.05, 0) is 32.4 Å². The number of nitrogens with one attached hydrogen (secondary N) is 1. The highest BCUT2D eigenvalue weighted by molar-refractivity contribution is 5.77. The Morgan fingerprint density at radius 2 is 1.89 bits per heavy atom. The van der Waals surface area contributed by atoms with Crippen molar-refractivity contribution in [1.29, 1.82) is 0 Å². The van der Waals surface area contributed by atoms with Gasteiger partial charge < -0.3 is 15.2 Å². The third kappa shape index (κ3) is 5.90. The summed E-state index contributed by atoms with van der Waals surface area (Å²) in [5.74, 6) is -1.29. The molecule has 0 amide bonds. The third-order valence-corrected chi connectivity index (χ3v) is 2.20. The topological polar surface area (TPSA) is 75.6 Å². The maximum Gasteiger partial charge on any atom is 0.325 e. The molecule has 0 atom stereocenters. The van der Waals surface area contributed by atoms with E-state index in [4.69, 9.17) is 9.84 Å². The second-order valence-electron chi connectivity index (χ2n) is 5.17. The van der Waals surface area contributed by atoms with Gasteiger partial charge in [0.2, 0.25) is 0 Å². The lowest BCUT2D eigenvalue weighted by Crippen LogP contribution is -2.28. The fourth-order valence-electron chi connectivity index (χ4n) is 1.55. The number of carbonyl (C=O) groups is 2. The lowest BCUT2D eigenvalue weighted by molar-refractivity contribution is -0.152. The number of esters is 1. The predicted octanol–water partition coefficient (Wildman–Crippen LogP) is 2.07. The zero-order valence-corrected chi connectivity index (χ0v) is 11.4. The number of hydrogen-bond acceptors (Lipinski definition) is 4. The van der Waals surface area contributed by atoms with E-state index in [9.17, 15) is 9.59 Å². The van der Waals surface area contributed by atoms with Crippen LogP contribution in [0.15, 0.2) is 24.3 Å². The highest BCUT2D eigenvalue weighted by atomic mass is 16.6. The first-order valence-corrected chi connectivity index (χ1v) is 6.03. The molecule has 0 aromatic heterocycles. The Kier molecular flexibility index (Phi) is 4.92. The lowest BCUT2D eigenvalue weighted by atomic mass is 10.1. The first-order valence-electron chi connectivity index (χ1n) is 6.03. The van der Waals surface area contributed by atoms with E-state index in [1.807, 2.05) is 0 Å². The first-order chi connectivity index (χ1) is 8.78. The monoisotopic (exact) mass is 265 g/mol. The van der Waals surface area contributed by atoms with Crippen LogP contribution in [0, 0.1) is 0 Å². The molecule has 0 aliphatic heterocycles. The quantitative estimate of drug-likeness (QED) is 0.797. The molecule has 0 aliphatic rings. The number of carbonyl (C=O) groups excluding carboxylic acids is 1. The lowest BCUT2D eigenvalue weighted by Gasteiger charge is -2.20. The van der Waals surface area contributed by atoms with Gasteiger partial charge in [-0.15, -0.1) is 0 Å². The molecule has 0 unspecified atom stereocenters. The molecule has 5 nitrogen and oxygen atoms in total. The Morgan fingerprint density at radius 3 is 2.47 bits per heavy atom. The Hall–Kier alpha value is -2.04. The summed E-state index contributed by atoms with van der Waals surface area (Å²) in [6.45, 7) is 5.39. The molecule has 1 rings (SSSR count). The highest BCUT2D eigenvalue weighted by Crippen LogP contribution is 2.16. The van der Waals surface area contributed by atoms with Crippen LogP contribution in [-0.2, 0) is 20.7 Å². The van der Waals surface area contributed by atoms with Crippen molar-refractivity contribution in [3.63, 3.8) is 0 Å². The molecule has 104 valence electrons. The molecule has 0 saturated carbocycles. The molecule has 0 aliphatic carbocycles. The molecule has 19 heavy (non-hydrogen) atoms. The van der Waals surface area contributed by atoms with Crippen molar-refractivity contribution in [2.45, 2.75) is 32.8 Å². The number of hydrogen-bond donors (Lipinski definition) is 2. The SMILES string of the molecule is CC(C)(C)OC(=O)CNc1ccccc1CC(=O)O. The minimum atomic E-state index is -0.911. The number of carboxylic acids is 1. The van der Waals surface area contributed by atoms with Gasteiger partial charge in [-0.25, -0.2) is 0 Å². The van der Waals surface area contributed by atoms with E-state index in [1.165, 1.54) is 0 Å². The van der Waals surface area contributed by atoms with Crippen molar-refractivity contribution in [2.75, 3.05) is 11.9 Å². The van der Waals surface area contributed by atoms with E-state index in [2.05, 4.69) is 5.32 Å². The minimum Gasteiger partial charge on any atom is -0.481 e. The van der Waals surface area contributed by atoms with Gasteiger partial charge in [0.15, 0.2) is 0 Å². The number of para-hydroxylation sites is 1. The van der Waals surface area contributed by atoms with Gasteiger partial charge in [-0.2, -0.15) is 0 Å². The van der Waals surface area contributed by atoms with Gasteiger partial charge in [0.05, 0.1) is 6.42 Å². The normalized spacial score (nSPS) is 10.9. The number of rotatable bonds is 5. The molecule has 0 spiro atoms. The summed E-state index contributed by atoms with van der Waals surface area (Å²) < 4.78 is 5.16. The second-order valence-corrected chi connectivity index (χ2v) is 5.17. The van der Waals surface area contributed by atoms with Gasteiger partial charge in [-0.1, -0.05) is 18.2 Å². The molecule has 1 aromatic carbocycles. The van der Waals surface area contributed by atoms with Crippen LogP contribution in [0.3, 0.4) is 0 Å². The highest BCUT2D eigenvalue weighted by Gasteiger charge is 2.16. The Labute approximate surface area is 112 Å². The number of aliphatic carboxylic acids is 1. The standard InChI is InChI=1S/C14H19NO4/c1-14(2,3)19-13(18)9-15-11-7-5-4-6-10(11)8-12(16)17/h4-7,15H,8-9H2,1-3H3,(H,16,17). The summed E-state index contributed by atoms with van der Waals surface area (Å²) in [7, 11) is 0. The molecule has 2 N–H and O–H groups in total. The van der Waals surface area contributed by atoms with Crippen molar-refractivity contribution in [3.8, 4) is 0 Å². The second kappa shape index (κ2) is 6.22. The smallest absolute Gasteiger partial charge is 0.325 e. The summed E-state index contributed by atoms with van der Waals surface area (Å²) in [5, 5.41) is 11.7. The van der Waals surface area contributed by atoms with E-state index in [1.54, 1.807) is 45.0 Å². The molecule has 0 saturated heterocycles. The average Bonchev–Trinajstić information content (AvgIpc) is 2.24. The summed E-state index contributed by atoms with van der Waals surface area (Å²) in [6, 6.07) is 6.99. The van der Waals surface area contributed by atoms with E-state index in [0.29, 0.717) is 11.3 Å². The van der Waals surface area contributed by atoms with Crippen molar-refractivity contribution in [2.24, 2.45) is 0 Å². The van der Waals surface area contributed by atoms with Crippen LogP contribution in [0.4, 0.5) is 5.69 Å². The fraction of sp³-hybridized carbons (Fsp3) is 0.429. The molecule has 0 radical (unpaired) electrons. The van der Waals surface area contributed by atoms with Crippen LogP contribution in [0.5, 0.6) is 0 Å².